The van der Waals surface area contributed by atoms with Crippen molar-refractivity contribution in [3.63, 3.8) is 0 Å². The van der Waals surface area contributed by atoms with Gasteiger partial charge in [-0.05, 0) is 63.5 Å². The summed E-state index contributed by atoms with van der Waals surface area (Å²) in [4.78, 5) is 22.2. The summed E-state index contributed by atoms with van der Waals surface area (Å²) in [6.45, 7) is 2.63. The van der Waals surface area contributed by atoms with Crippen molar-refractivity contribution >= 4 is 44.0 Å². The number of fused-ring (bicyclic) bond motifs is 1. The number of ether oxygens (including phenoxy) is 1. The van der Waals surface area contributed by atoms with Crippen molar-refractivity contribution in [1.29, 1.82) is 0 Å². The van der Waals surface area contributed by atoms with Gasteiger partial charge in [-0.3, -0.25) is 10.1 Å². The van der Waals surface area contributed by atoms with Gasteiger partial charge in [-0.2, -0.15) is 0 Å². The average Bonchev–Trinajstić information content (AvgIpc) is 2.75. The van der Waals surface area contributed by atoms with E-state index in [9.17, 15) is 10.1 Å². The Morgan fingerprint density at radius 2 is 2.06 bits per heavy atom. The minimum atomic E-state index is -0.416. The Balaban J connectivity index is 1.55. The standard InChI is InChI=1S/C22H24BrN5O3/c1-27-8-5-15(6-9-27)7-10-31-21-13-19-18(12-20(21)28(29)30)22(25-14-24-19)26-17-4-2-3-16(23)11-17/h2-4,11-15H,5-10H2,1H3,(H,24,25,26). The maximum Gasteiger partial charge on any atom is 0.311 e. The van der Waals surface area contributed by atoms with E-state index in [1.165, 1.54) is 12.4 Å². The summed E-state index contributed by atoms with van der Waals surface area (Å²) < 4.78 is 6.79. The van der Waals surface area contributed by atoms with Crippen molar-refractivity contribution in [2.45, 2.75) is 19.3 Å². The fourth-order valence-corrected chi connectivity index (χ4v) is 4.22. The molecule has 31 heavy (non-hydrogen) atoms. The van der Waals surface area contributed by atoms with E-state index in [1.54, 1.807) is 6.07 Å². The summed E-state index contributed by atoms with van der Waals surface area (Å²) in [5.74, 6) is 1.35. The molecule has 0 bridgehead atoms. The number of nitro benzene ring substituents is 1. The number of hydrogen-bond donors (Lipinski definition) is 1. The predicted octanol–water partition coefficient (Wildman–Crippen LogP) is 5.15. The third kappa shape index (κ3) is 5.29. The lowest BCUT2D eigenvalue weighted by Gasteiger charge is -2.28. The van der Waals surface area contributed by atoms with Gasteiger partial charge in [-0.15, -0.1) is 0 Å². The molecule has 1 aromatic heterocycles. The Hall–Kier alpha value is -2.78. The largest absolute Gasteiger partial charge is 0.487 e. The molecule has 9 heteroatoms. The van der Waals surface area contributed by atoms with E-state index < -0.39 is 4.92 Å². The molecule has 1 N–H and O–H groups in total. The number of halogens is 1. The van der Waals surface area contributed by atoms with Gasteiger partial charge < -0.3 is 15.0 Å². The highest BCUT2D eigenvalue weighted by Gasteiger charge is 2.21. The molecule has 1 fully saturated rings. The van der Waals surface area contributed by atoms with Crippen molar-refractivity contribution in [1.82, 2.24) is 14.9 Å². The minimum Gasteiger partial charge on any atom is -0.487 e. The SMILES string of the molecule is CN1CCC(CCOc2cc3ncnc(Nc4cccc(Br)c4)c3cc2[N+](=O)[O-])CC1. The van der Waals surface area contributed by atoms with Crippen LogP contribution in [0.4, 0.5) is 17.2 Å². The first kappa shape index (κ1) is 21.5. The zero-order valence-corrected chi connectivity index (χ0v) is 18.8. The van der Waals surface area contributed by atoms with Crippen molar-refractivity contribution in [2.75, 3.05) is 32.1 Å². The monoisotopic (exact) mass is 485 g/mol. The van der Waals surface area contributed by atoms with Crippen LogP contribution in [-0.4, -0.2) is 46.5 Å². The number of nitrogens with zero attached hydrogens (tertiary/aromatic N) is 4. The molecule has 1 aliphatic heterocycles. The highest BCUT2D eigenvalue weighted by atomic mass is 79.9. The second kappa shape index (κ2) is 9.57. The molecular formula is C22H24BrN5O3. The average molecular weight is 486 g/mol. The fourth-order valence-electron chi connectivity index (χ4n) is 3.82. The van der Waals surface area contributed by atoms with Crippen LogP contribution in [0.5, 0.6) is 5.75 Å². The van der Waals surface area contributed by atoms with E-state index in [2.05, 4.69) is 43.2 Å². The van der Waals surface area contributed by atoms with Crippen LogP contribution < -0.4 is 10.1 Å². The Bertz CT molecular complexity index is 1090. The number of likely N-dealkylation sites (tertiary alicyclic amines) is 1. The van der Waals surface area contributed by atoms with Gasteiger partial charge in [0.15, 0.2) is 5.75 Å². The van der Waals surface area contributed by atoms with Gasteiger partial charge in [0.1, 0.15) is 12.1 Å². The third-order valence-corrected chi connectivity index (χ3v) is 6.12. The summed E-state index contributed by atoms with van der Waals surface area (Å²) in [6.07, 6.45) is 4.61. The van der Waals surface area contributed by atoms with Crippen LogP contribution in [0.1, 0.15) is 19.3 Å². The molecule has 8 nitrogen and oxygen atoms in total. The van der Waals surface area contributed by atoms with E-state index in [0.717, 1.165) is 42.5 Å². The second-order valence-electron chi connectivity index (χ2n) is 7.84. The van der Waals surface area contributed by atoms with E-state index in [-0.39, 0.29) is 11.4 Å². The first-order valence-corrected chi connectivity index (χ1v) is 11.1. The number of benzene rings is 2. The van der Waals surface area contributed by atoms with Gasteiger partial charge in [0.25, 0.3) is 0 Å². The van der Waals surface area contributed by atoms with E-state index in [4.69, 9.17) is 4.74 Å². The normalized spacial score (nSPS) is 15.2. The van der Waals surface area contributed by atoms with Gasteiger partial charge in [0, 0.05) is 22.3 Å². The molecule has 0 unspecified atom stereocenters. The maximum atomic E-state index is 11.7. The van der Waals surface area contributed by atoms with Crippen LogP contribution in [0, 0.1) is 16.0 Å². The van der Waals surface area contributed by atoms with Crippen molar-refractivity contribution in [3.8, 4) is 5.75 Å². The molecule has 2 aromatic carbocycles. The van der Waals surface area contributed by atoms with Crippen LogP contribution in [0.2, 0.25) is 0 Å². The molecule has 0 radical (unpaired) electrons. The Labute approximate surface area is 188 Å². The zero-order valence-electron chi connectivity index (χ0n) is 17.3. The molecular weight excluding hydrogens is 462 g/mol. The number of nitrogens with one attached hydrogen (secondary N) is 1. The molecule has 2 heterocycles. The van der Waals surface area contributed by atoms with Gasteiger partial charge in [0.2, 0.25) is 0 Å². The van der Waals surface area contributed by atoms with Crippen LogP contribution in [0.15, 0.2) is 47.2 Å². The molecule has 4 rings (SSSR count). The number of piperidine rings is 1. The number of aromatic nitrogens is 2. The quantitative estimate of drug-likeness (QED) is 0.365. The molecule has 0 aliphatic carbocycles. The summed E-state index contributed by atoms with van der Waals surface area (Å²) in [6, 6.07) is 10.7. The van der Waals surface area contributed by atoms with Crippen LogP contribution in [0.25, 0.3) is 10.9 Å². The lowest BCUT2D eigenvalue weighted by atomic mass is 9.94. The topological polar surface area (TPSA) is 93.4 Å². The van der Waals surface area contributed by atoms with Gasteiger partial charge in [-0.25, -0.2) is 9.97 Å². The molecule has 1 saturated heterocycles. The number of hydrogen-bond acceptors (Lipinski definition) is 7. The number of rotatable bonds is 7. The molecule has 3 aromatic rings. The summed E-state index contributed by atoms with van der Waals surface area (Å²) in [5, 5.41) is 15.5. The fraction of sp³-hybridized carbons (Fsp3) is 0.364. The second-order valence-corrected chi connectivity index (χ2v) is 8.75. The predicted molar refractivity (Wildman–Crippen MR) is 124 cm³/mol. The van der Waals surface area contributed by atoms with Gasteiger partial charge >= 0.3 is 5.69 Å². The summed E-state index contributed by atoms with van der Waals surface area (Å²) >= 11 is 3.44. The van der Waals surface area contributed by atoms with Gasteiger partial charge in [0.05, 0.1) is 22.4 Å². The third-order valence-electron chi connectivity index (χ3n) is 5.62. The highest BCUT2D eigenvalue weighted by molar-refractivity contribution is 9.10. The lowest BCUT2D eigenvalue weighted by molar-refractivity contribution is -0.385. The zero-order chi connectivity index (χ0) is 21.8. The Kier molecular flexibility index (Phi) is 6.62. The molecule has 0 spiro atoms. The first-order chi connectivity index (χ1) is 15.0. The first-order valence-electron chi connectivity index (χ1n) is 10.3. The summed E-state index contributed by atoms with van der Waals surface area (Å²) in [5.41, 5.74) is 1.32. The minimum absolute atomic E-state index is 0.0806. The molecule has 0 saturated carbocycles. The Morgan fingerprint density at radius 3 is 2.81 bits per heavy atom. The van der Waals surface area contributed by atoms with Crippen molar-refractivity contribution < 1.29 is 9.66 Å². The molecule has 0 atom stereocenters. The van der Waals surface area contributed by atoms with E-state index in [0.29, 0.717) is 29.2 Å². The molecule has 0 amide bonds. The number of nitro groups is 1. The Morgan fingerprint density at radius 1 is 1.26 bits per heavy atom. The molecule has 162 valence electrons. The van der Waals surface area contributed by atoms with Crippen LogP contribution in [-0.2, 0) is 0 Å². The molecule has 1 aliphatic rings. The van der Waals surface area contributed by atoms with E-state index in [1.807, 2.05) is 24.3 Å². The smallest absolute Gasteiger partial charge is 0.311 e. The van der Waals surface area contributed by atoms with Crippen molar-refractivity contribution in [2.24, 2.45) is 5.92 Å². The van der Waals surface area contributed by atoms with Crippen LogP contribution >= 0.6 is 15.9 Å². The van der Waals surface area contributed by atoms with Crippen LogP contribution in [0.3, 0.4) is 0 Å². The summed E-state index contributed by atoms with van der Waals surface area (Å²) in [7, 11) is 2.13. The highest BCUT2D eigenvalue weighted by Crippen LogP contribution is 2.35. The van der Waals surface area contributed by atoms with Gasteiger partial charge in [-0.1, -0.05) is 22.0 Å². The lowest BCUT2D eigenvalue weighted by Crippen LogP contribution is -2.30. The number of anilines is 2. The van der Waals surface area contributed by atoms with Crippen molar-refractivity contribution in [3.05, 3.63) is 57.3 Å². The van der Waals surface area contributed by atoms with E-state index >= 15 is 0 Å². The maximum absolute atomic E-state index is 11.7.